The minimum Gasteiger partial charge on any atom is -0.329 e. The van der Waals surface area contributed by atoms with Gasteiger partial charge in [-0.2, -0.15) is 0 Å². The van der Waals surface area contributed by atoms with Crippen LogP contribution in [0.25, 0.3) is 0 Å². The SMILES string of the molecule is CC1CCN(C2(CN)CCC(C)C(C)C2)C1. The van der Waals surface area contributed by atoms with E-state index in [1.165, 1.54) is 38.8 Å². The van der Waals surface area contributed by atoms with Gasteiger partial charge in [0.05, 0.1) is 0 Å². The quantitative estimate of drug-likeness (QED) is 0.781. The number of hydrogen-bond acceptors (Lipinski definition) is 2. The van der Waals surface area contributed by atoms with Crippen LogP contribution >= 0.6 is 0 Å². The van der Waals surface area contributed by atoms with Crippen LogP contribution in [0, 0.1) is 17.8 Å². The highest BCUT2D eigenvalue weighted by molar-refractivity contribution is 4.99. The Balaban J connectivity index is 2.07. The molecule has 0 aromatic carbocycles. The predicted octanol–water partition coefficient (Wildman–Crippen LogP) is 2.48. The summed E-state index contributed by atoms with van der Waals surface area (Å²) >= 11 is 0. The molecule has 0 bridgehead atoms. The molecule has 1 heterocycles. The van der Waals surface area contributed by atoms with Crippen molar-refractivity contribution in [3.63, 3.8) is 0 Å². The summed E-state index contributed by atoms with van der Waals surface area (Å²) in [5.74, 6) is 2.60. The second-order valence-electron chi connectivity index (χ2n) is 6.47. The highest BCUT2D eigenvalue weighted by Gasteiger charge is 2.43. The fourth-order valence-corrected chi connectivity index (χ4v) is 3.65. The van der Waals surface area contributed by atoms with E-state index in [0.29, 0.717) is 5.54 Å². The van der Waals surface area contributed by atoms with Gasteiger partial charge in [-0.15, -0.1) is 0 Å². The van der Waals surface area contributed by atoms with Gasteiger partial charge in [0, 0.05) is 18.6 Å². The zero-order chi connectivity index (χ0) is 11.8. The Kier molecular flexibility index (Phi) is 3.60. The molecule has 1 aliphatic carbocycles. The van der Waals surface area contributed by atoms with Crippen molar-refractivity contribution in [2.45, 2.75) is 52.0 Å². The normalized spacial score (nSPS) is 46.1. The minimum atomic E-state index is 0.344. The Morgan fingerprint density at radius 3 is 2.44 bits per heavy atom. The fourth-order valence-electron chi connectivity index (χ4n) is 3.65. The van der Waals surface area contributed by atoms with E-state index in [4.69, 9.17) is 5.73 Å². The summed E-state index contributed by atoms with van der Waals surface area (Å²) in [6.45, 7) is 10.6. The van der Waals surface area contributed by atoms with Crippen LogP contribution in [-0.2, 0) is 0 Å². The molecule has 2 nitrogen and oxygen atoms in total. The van der Waals surface area contributed by atoms with Gasteiger partial charge >= 0.3 is 0 Å². The number of nitrogens with zero attached hydrogens (tertiary/aromatic N) is 1. The number of nitrogens with two attached hydrogens (primary N) is 1. The maximum atomic E-state index is 6.13. The maximum Gasteiger partial charge on any atom is 0.0334 e. The summed E-state index contributed by atoms with van der Waals surface area (Å²) in [6.07, 6.45) is 5.37. The van der Waals surface area contributed by atoms with Crippen molar-refractivity contribution in [3.8, 4) is 0 Å². The first-order valence-electron chi connectivity index (χ1n) is 7.02. The predicted molar refractivity (Wildman–Crippen MR) is 69.3 cm³/mol. The van der Waals surface area contributed by atoms with Gasteiger partial charge in [0.25, 0.3) is 0 Å². The monoisotopic (exact) mass is 224 g/mol. The second-order valence-corrected chi connectivity index (χ2v) is 6.47. The van der Waals surface area contributed by atoms with Crippen molar-refractivity contribution in [1.82, 2.24) is 4.90 Å². The molecule has 2 N–H and O–H groups in total. The van der Waals surface area contributed by atoms with E-state index in [9.17, 15) is 0 Å². The van der Waals surface area contributed by atoms with Gasteiger partial charge in [0.1, 0.15) is 0 Å². The molecule has 2 heteroatoms. The van der Waals surface area contributed by atoms with Crippen molar-refractivity contribution < 1.29 is 0 Å². The van der Waals surface area contributed by atoms with Crippen molar-refractivity contribution in [2.24, 2.45) is 23.5 Å². The number of rotatable bonds is 2. The lowest BCUT2D eigenvalue weighted by Gasteiger charge is -2.48. The summed E-state index contributed by atoms with van der Waals surface area (Å²) in [5.41, 5.74) is 6.47. The van der Waals surface area contributed by atoms with Gasteiger partial charge in [-0.1, -0.05) is 20.8 Å². The van der Waals surface area contributed by atoms with Gasteiger partial charge in [0.15, 0.2) is 0 Å². The number of likely N-dealkylation sites (tertiary alicyclic amines) is 1. The average molecular weight is 224 g/mol. The first-order valence-corrected chi connectivity index (χ1v) is 7.02. The third-order valence-electron chi connectivity index (χ3n) is 5.21. The van der Waals surface area contributed by atoms with Crippen LogP contribution < -0.4 is 5.73 Å². The molecule has 0 amide bonds. The van der Waals surface area contributed by atoms with Gasteiger partial charge in [-0.05, 0) is 50.0 Å². The summed E-state index contributed by atoms with van der Waals surface area (Å²) in [7, 11) is 0. The smallest absolute Gasteiger partial charge is 0.0334 e. The average Bonchev–Trinajstić information content (AvgIpc) is 2.70. The Morgan fingerprint density at radius 1 is 1.19 bits per heavy atom. The van der Waals surface area contributed by atoms with E-state index in [1.807, 2.05) is 0 Å². The number of hydrogen-bond donors (Lipinski definition) is 1. The first kappa shape index (κ1) is 12.4. The fraction of sp³-hybridized carbons (Fsp3) is 1.00. The summed E-state index contributed by atoms with van der Waals surface area (Å²) < 4.78 is 0. The summed E-state index contributed by atoms with van der Waals surface area (Å²) in [6, 6.07) is 0. The van der Waals surface area contributed by atoms with Crippen molar-refractivity contribution in [2.75, 3.05) is 19.6 Å². The molecule has 2 fully saturated rings. The zero-order valence-corrected chi connectivity index (χ0v) is 11.2. The molecule has 4 unspecified atom stereocenters. The molecular weight excluding hydrogens is 196 g/mol. The highest BCUT2D eigenvalue weighted by Crippen LogP contribution is 2.41. The van der Waals surface area contributed by atoms with Crippen LogP contribution in [0.2, 0.25) is 0 Å². The third kappa shape index (κ3) is 2.14. The van der Waals surface area contributed by atoms with E-state index in [-0.39, 0.29) is 0 Å². The van der Waals surface area contributed by atoms with Crippen molar-refractivity contribution >= 4 is 0 Å². The molecule has 4 atom stereocenters. The van der Waals surface area contributed by atoms with Gasteiger partial charge in [-0.3, -0.25) is 4.90 Å². The molecule has 1 aliphatic heterocycles. The molecule has 0 radical (unpaired) electrons. The first-order chi connectivity index (χ1) is 7.57. The lowest BCUT2D eigenvalue weighted by atomic mass is 9.70. The Morgan fingerprint density at radius 2 is 1.94 bits per heavy atom. The summed E-state index contributed by atoms with van der Waals surface area (Å²) in [4.78, 5) is 2.71. The van der Waals surface area contributed by atoms with Gasteiger partial charge in [-0.25, -0.2) is 0 Å². The standard InChI is InChI=1S/C14H28N2/c1-11-5-7-16(9-11)14(10-15)6-4-12(2)13(3)8-14/h11-13H,4-10,15H2,1-3H3. The van der Waals surface area contributed by atoms with Crippen LogP contribution in [0.1, 0.15) is 46.5 Å². The summed E-state index contributed by atoms with van der Waals surface area (Å²) in [5, 5.41) is 0. The van der Waals surface area contributed by atoms with Crippen LogP contribution in [0.5, 0.6) is 0 Å². The van der Waals surface area contributed by atoms with Crippen molar-refractivity contribution in [3.05, 3.63) is 0 Å². The van der Waals surface area contributed by atoms with E-state index in [2.05, 4.69) is 25.7 Å². The molecule has 2 aliphatic rings. The van der Waals surface area contributed by atoms with Crippen LogP contribution in [0.4, 0.5) is 0 Å². The third-order valence-corrected chi connectivity index (χ3v) is 5.21. The van der Waals surface area contributed by atoms with Gasteiger partial charge < -0.3 is 5.73 Å². The molecule has 94 valence electrons. The second kappa shape index (κ2) is 4.66. The van der Waals surface area contributed by atoms with Crippen LogP contribution in [0.3, 0.4) is 0 Å². The molecule has 1 saturated carbocycles. The molecule has 2 rings (SSSR count). The van der Waals surface area contributed by atoms with Crippen LogP contribution in [0.15, 0.2) is 0 Å². The maximum absolute atomic E-state index is 6.13. The van der Waals surface area contributed by atoms with E-state index in [0.717, 1.165) is 24.3 Å². The van der Waals surface area contributed by atoms with E-state index in [1.54, 1.807) is 0 Å². The molecule has 0 aromatic heterocycles. The Labute approximate surface area is 101 Å². The molecule has 1 saturated heterocycles. The van der Waals surface area contributed by atoms with E-state index >= 15 is 0 Å². The Hall–Kier alpha value is -0.0800. The molecular formula is C14H28N2. The van der Waals surface area contributed by atoms with Gasteiger partial charge in [0.2, 0.25) is 0 Å². The topological polar surface area (TPSA) is 29.3 Å². The van der Waals surface area contributed by atoms with Crippen LogP contribution in [-0.4, -0.2) is 30.1 Å². The minimum absolute atomic E-state index is 0.344. The van der Waals surface area contributed by atoms with E-state index < -0.39 is 0 Å². The molecule has 16 heavy (non-hydrogen) atoms. The highest BCUT2D eigenvalue weighted by atomic mass is 15.2. The zero-order valence-electron chi connectivity index (χ0n) is 11.2. The molecule has 0 spiro atoms. The largest absolute Gasteiger partial charge is 0.329 e. The lowest BCUT2D eigenvalue weighted by molar-refractivity contribution is 0.0364. The Bertz CT molecular complexity index is 241. The van der Waals surface area contributed by atoms with Crippen molar-refractivity contribution in [1.29, 1.82) is 0 Å². The lowest BCUT2D eigenvalue weighted by Crippen LogP contribution is -2.56. The molecule has 0 aromatic rings.